The minimum Gasteiger partial charge on any atom is -0.317 e. The van der Waals surface area contributed by atoms with Crippen LogP contribution in [0, 0.1) is 0 Å². The first-order valence-electron chi connectivity index (χ1n) is 2.70. The molecule has 8 heavy (non-hydrogen) atoms. The maximum Gasteiger partial charge on any atom is 0.131 e. The van der Waals surface area contributed by atoms with Gasteiger partial charge in [-0.2, -0.15) is 0 Å². The normalized spacial score (nSPS) is 8.38. The lowest BCUT2D eigenvalue weighted by Gasteiger charge is -1.74. The smallest absolute Gasteiger partial charge is 0.131 e. The SMILES string of the molecule is CC.Cn1ccnp1. The van der Waals surface area contributed by atoms with Gasteiger partial charge in [-0.1, -0.05) is 13.8 Å². The highest BCUT2D eigenvalue weighted by molar-refractivity contribution is 7.21. The third-order valence-electron chi connectivity index (χ3n) is 0.542. The Kier molecular flexibility index (Phi) is 4.58. The molecule has 1 aromatic rings. The second-order valence-electron chi connectivity index (χ2n) is 1.08. The molecule has 3 heteroatoms. The summed E-state index contributed by atoms with van der Waals surface area (Å²) in [6, 6.07) is 0. The minimum absolute atomic E-state index is 1.04. The molecule has 0 N–H and O–H groups in total. The Labute approximate surface area is 51.8 Å². The Morgan fingerprint density at radius 2 is 2.12 bits per heavy atom. The first kappa shape index (κ1) is 7.64. The standard InChI is InChI=1S/C3H5N2P.C2H6/c1-5-3-2-4-6-5;1-2/h2-3H,1H3;1-2H3. The summed E-state index contributed by atoms with van der Waals surface area (Å²) in [7, 11) is 3.02. The quantitative estimate of drug-likeness (QED) is 0.525. The van der Waals surface area contributed by atoms with E-state index in [-0.39, 0.29) is 0 Å². The van der Waals surface area contributed by atoms with Gasteiger partial charge in [0.25, 0.3) is 0 Å². The zero-order valence-electron chi connectivity index (χ0n) is 5.50. The van der Waals surface area contributed by atoms with Gasteiger partial charge in [-0.15, -0.1) is 0 Å². The number of aromatic nitrogens is 2. The van der Waals surface area contributed by atoms with Crippen LogP contribution in [0.5, 0.6) is 0 Å². The van der Waals surface area contributed by atoms with E-state index in [0.717, 1.165) is 8.51 Å². The Morgan fingerprint density at radius 3 is 2.25 bits per heavy atom. The lowest BCUT2D eigenvalue weighted by Crippen LogP contribution is -1.69. The molecule has 0 saturated heterocycles. The van der Waals surface area contributed by atoms with Crippen LogP contribution in [0.4, 0.5) is 0 Å². The van der Waals surface area contributed by atoms with Gasteiger partial charge in [-0.3, -0.25) is 0 Å². The van der Waals surface area contributed by atoms with E-state index >= 15 is 0 Å². The van der Waals surface area contributed by atoms with E-state index in [2.05, 4.69) is 4.75 Å². The van der Waals surface area contributed by atoms with Crippen molar-refractivity contribution in [3.8, 4) is 0 Å². The van der Waals surface area contributed by atoms with Gasteiger partial charge in [0.05, 0.1) is 0 Å². The molecule has 0 fully saturated rings. The van der Waals surface area contributed by atoms with Crippen molar-refractivity contribution in [3.63, 3.8) is 0 Å². The van der Waals surface area contributed by atoms with Crippen LogP contribution in [-0.4, -0.2) is 9.08 Å². The lowest BCUT2D eigenvalue weighted by molar-refractivity contribution is 1.03. The van der Waals surface area contributed by atoms with Crippen molar-refractivity contribution in [2.24, 2.45) is 7.05 Å². The Bertz CT molecular complexity index is 114. The molecule has 1 aromatic heterocycles. The van der Waals surface area contributed by atoms with E-state index in [4.69, 9.17) is 0 Å². The molecule has 0 aliphatic carbocycles. The molecule has 0 saturated carbocycles. The summed E-state index contributed by atoms with van der Waals surface area (Å²) in [6.07, 6.45) is 3.73. The van der Waals surface area contributed by atoms with Gasteiger partial charge in [0.2, 0.25) is 0 Å². The fourth-order valence-electron chi connectivity index (χ4n) is 0.267. The molecule has 0 bridgehead atoms. The van der Waals surface area contributed by atoms with E-state index in [0.29, 0.717) is 0 Å². The topological polar surface area (TPSA) is 17.8 Å². The third kappa shape index (κ3) is 2.75. The second-order valence-corrected chi connectivity index (χ2v) is 2.12. The summed E-state index contributed by atoms with van der Waals surface area (Å²) < 4.78 is 5.87. The van der Waals surface area contributed by atoms with Gasteiger partial charge < -0.3 is 4.33 Å². The number of hydrogen-bond donors (Lipinski definition) is 0. The van der Waals surface area contributed by atoms with Crippen LogP contribution in [-0.2, 0) is 7.05 Å². The van der Waals surface area contributed by atoms with Crippen molar-refractivity contribution < 1.29 is 0 Å². The van der Waals surface area contributed by atoms with Crippen molar-refractivity contribution >= 4 is 8.51 Å². The third-order valence-corrected chi connectivity index (χ3v) is 1.19. The van der Waals surface area contributed by atoms with E-state index < -0.39 is 0 Å². The van der Waals surface area contributed by atoms with E-state index in [1.165, 1.54) is 0 Å². The van der Waals surface area contributed by atoms with Crippen molar-refractivity contribution in [3.05, 3.63) is 12.4 Å². The summed E-state index contributed by atoms with van der Waals surface area (Å²) in [5.74, 6) is 0. The van der Waals surface area contributed by atoms with E-state index in [1.54, 1.807) is 6.20 Å². The summed E-state index contributed by atoms with van der Waals surface area (Å²) in [5, 5.41) is 0. The van der Waals surface area contributed by atoms with Gasteiger partial charge >= 0.3 is 0 Å². The Morgan fingerprint density at radius 1 is 1.50 bits per heavy atom. The summed E-state index contributed by atoms with van der Waals surface area (Å²) in [6.45, 7) is 4.00. The van der Waals surface area contributed by atoms with Gasteiger partial charge in [0.15, 0.2) is 0 Å². The predicted molar refractivity (Wildman–Crippen MR) is 37.1 cm³/mol. The zero-order chi connectivity index (χ0) is 6.41. The monoisotopic (exact) mass is 130 g/mol. The highest BCUT2D eigenvalue weighted by atomic mass is 31.1. The second kappa shape index (κ2) is 4.79. The van der Waals surface area contributed by atoms with Crippen LogP contribution in [0.1, 0.15) is 13.8 Å². The van der Waals surface area contributed by atoms with Gasteiger partial charge in [-0.05, 0) is 0 Å². The molecule has 0 unspecified atom stereocenters. The fraction of sp³-hybridized carbons (Fsp3) is 0.600. The number of rotatable bonds is 0. The molecule has 0 spiro atoms. The van der Waals surface area contributed by atoms with Crippen molar-refractivity contribution in [1.29, 1.82) is 0 Å². The molecule has 2 nitrogen and oxygen atoms in total. The predicted octanol–water partition coefficient (Wildman–Crippen LogP) is 2.03. The van der Waals surface area contributed by atoms with Crippen LogP contribution < -0.4 is 0 Å². The van der Waals surface area contributed by atoms with Crippen molar-refractivity contribution in [2.45, 2.75) is 13.8 Å². The van der Waals surface area contributed by atoms with Crippen LogP contribution in [0.15, 0.2) is 12.4 Å². The Hall–Kier alpha value is -0.360. The van der Waals surface area contributed by atoms with E-state index in [9.17, 15) is 0 Å². The van der Waals surface area contributed by atoms with Crippen LogP contribution in [0.2, 0.25) is 0 Å². The fourth-order valence-corrected chi connectivity index (χ4v) is 0.669. The molecule has 0 radical (unpaired) electrons. The molecule has 0 aliphatic heterocycles. The average Bonchev–Trinajstić information content (AvgIpc) is 2.24. The molecular formula is C5H11N2P. The lowest BCUT2D eigenvalue weighted by atomic mass is 10.9. The van der Waals surface area contributed by atoms with Gasteiger partial charge in [-0.25, -0.2) is 4.75 Å². The molecule has 0 aromatic carbocycles. The van der Waals surface area contributed by atoms with Gasteiger partial charge in [0.1, 0.15) is 8.51 Å². The molecule has 1 heterocycles. The van der Waals surface area contributed by atoms with Crippen LogP contribution >= 0.6 is 8.51 Å². The van der Waals surface area contributed by atoms with E-state index in [1.807, 2.05) is 31.4 Å². The van der Waals surface area contributed by atoms with Crippen molar-refractivity contribution in [2.75, 3.05) is 0 Å². The molecular weight excluding hydrogens is 119 g/mol. The zero-order valence-corrected chi connectivity index (χ0v) is 6.39. The molecule has 0 aliphatic rings. The first-order chi connectivity index (χ1) is 3.89. The van der Waals surface area contributed by atoms with Crippen LogP contribution in [0.25, 0.3) is 0 Å². The highest BCUT2D eigenvalue weighted by Crippen LogP contribution is 1.92. The minimum atomic E-state index is 1.04. The van der Waals surface area contributed by atoms with Crippen LogP contribution in [0.3, 0.4) is 0 Å². The summed E-state index contributed by atoms with van der Waals surface area (Å²) in [5.41, 5.74) is 0. The largest absolute Gasteiger partial charge is 0.317 e. The maximum atomic E-state index is 3.88. The van der Waals surface area contributed by atoms with Crippen molar-refractivity contribution in [1.82, 2.24) is 9.08 Å². The van der Waals surface area contributed by atoms with Gasteiger partial charge in [0, 0.05) is 19.4 Å². The maximum absolute atomic E-state index is 3.88. The summed E-state index contributed by atoms with van der Waals surface area (Å²) in [4.78, 5) is 0. The number of nitrogens with zero attached hydrogens (tertiary/aromatic N) is 2. The molecule has 1 rings (SSSR count). The highest BCUT2D eigenvalue weighted by Gasteiger charge is 1.71. The summed E-state index contributed by atoms with van der Waals surface area (Å²) >= 11 is 0. The molecule has 46 valence electrons. The molecule has 0 atom stereocenters. The number of hydrogen-bond acceptors (Lipinski definition) is 1. The first-order valence-corrected chi connectivity index (χ1v) is 3.50. The molecule has 0 amide bonds. The Balaban J connectivity index is 0.000000222. The number of aryl methyl sites for hydroxylation is 1. The average molecular weight is 130 g/mol.